The summed E-state index contributed by atoms with van der Waals surface area (Å²) in [5, 5.41) is 2.60. The maximum Gasteiger partial charge on any atom is 0.228 e. The number of anilines is 2. The Kier molecular flexibility index (Phi) is 3.66. The summed E-state index contributed by atoms with van der Waals surface area (Å²) in [6.45, 7) is 1.72. The van der Waals surface area contributed by atoms with Crippen LogP contribution in [0.4, 0.5) is 20.4 Å². The van der Waals surface area contributed by atoms with Gasteiger partial charge in [0, 0.05) is 5.69 Å². The highest BCUT2D eigenvalue weighted by atomic mass is 32.1. The number of benzene rings is 1. The highest BCUT2D eigenvalue weighted by Gasteiger charge is 2.10. The first-order valence-corrected chi connectivity index (χ1v) is 5.74. The molecule has 4 nitrogen and oxygen atoms in total. The summed E-state index contributed by atoms with van der Waals surface area (Å²) >= 11 is 4.82. The maximum absolute atomic E-state index is 13.5. The van der Waals surface area contributed by atoms with Gasteiger partial charge in [0.05, 0.1) is 5.69 Å². The Balaban J connectivity index is 2.38. The van der Waals surface area contributed by atoms with Gasteiger partial charge in [-0.2, -0.15) is 0 Å². The van der Waals surface area contributed by atoms with Crippen LogP contribution in [0, 0.1) is 18.6 Å². The molecule has 0 spiro atoms. The van der Waals surface area contributed by atoms with Gasteiger partial charge in [0.15, 0.2) is 11.6 Å². The molecule has 0 saturated carbocycles. The summed E-state index contributed by atoms with van der Waals surface area (Å²) in [5.74, 6) is -1.84. The van der Waals surface area contributed by atoms with E-state index in [2.05, 4.69) is 15.3 Å². The number of nitrogens with zero attached hydrogens (tertiary/aromatic N) is 2. The number of hydrogen-bond donors (Lipinski definition) is 2. The SMILES string of the molecule is Cc1cc(C(N)=S)nc(Nc2cccc(F)c2F)n1. The molecule has 19 heavy (non-hydrogen) atoms. The Hall–Kier alpha value is -2.15. The van der Waals surface area contributed by atoms with E-state index in [1.165, 1.54) is 12.1 Å². The highest BCUT2D eigenvalue weighted by Crippen LogP contribution is 2.20. The van der Waals surface area contributed by atoms with Crippen molar-refractivity contribution in [1.29, 1.82) is 0 Å². The molecule has 2 rings (SSSR count). The Bertz CT molecular complexity index is 646. The molecule has 0 aliphatic rings. The summed E-state index contributed by atoms with van der Waals surface area (Å²) < 4.78 is 26.6. The molecule has 7 heteroatoms. The summed E-state index contributed by atoms with van der Waals surface area (Å²) in [4.78, 5) is 8.18. The van der Waals surface area contributed by atoms with E-state index in [0.29, 0.717) is 11.4 Å². The lowest BCUT2D eigenvalue weighted by Crippen LogP contribution is -2.14. The van der Waals surface area contributed by atoms with Crippen molar-refractivity contribution in [3.8, 4) is 0 Å². The lowest BCUT2D eigenvalue weighted by atomic mass is 10.3. The third kappa shape index (κ3) is 3.00. The minimum Gasteiger partial charge on any atom is -0.388 e. The summed E-state index contributed by atoms with van der Waals surface area (Å²) in [7, 11) is 0. The Labute approximate surface area is 113 Å². The average Bonchev–Trinajstić information content (AvgIpc) is 2.34. The van der Waals surface area contributed by atoms with E-state index in [1.807, 2.05) is 0 Å². The summed E-state index contributed by atoms with van der Waals surface area (Å²) in [5.41, 5.74) is 6.39. The molecule has 0 saturated heterocycles. The van der Waals surface area contributed by atoms with Gasteiger partial charge >= 0.3 is 0 Å². The van der Waals surface area contributed by atoms with Gasteiger partial charge < -0.3 is 11.1 Å². The first kappa shape index (κ1) is 13.3. The van der Waals surface area contributed by atoms with Gasteiger partial charge in [0.1, 0.15) is 10.7 Å². The topological polar surface area (TPSA) is 63.8 Å². The Morgan fingerprint density at radius 1 is 1.32 bits per heavy atom. The predicted molar refractivity (Wildman–Crippen MR) is 72.3 cm³/mol. The predicted octanol–water partition coefficient (Wildman–Crippen LogP) is 2.44. The van der Waals surface area contributed by atoms with Crippen molar-refractivity contribution >= 4 is 28.8 Å². The number of rotatable bonds is 3. The van der Waals surface area contributed by atoms with Gasteiger partial charge in [0.2, 0.25) is 5.95 Å². The van der Waals surface area contributed by atoms with Crippen LogP contribution in [-0.4, -0.2) is 15.0 Å². The minimum absolute atomic E-state index is 0.0560. The van der Waals surface area contributed by atoms with E-state index in [-0.39, 0.29) is 16.6 Å². The molecule has 1 aromatic heterocycles. The normalized spacial score (nSPS) is 10.3. The number of thiocarbonyl (C=S) groups is 1. The zero-order chi connectivity index (χ0) is 14.0. The van der Waals surface area contributed by atoms with Gasteiger partial charge in [0.25, 0.3) is 0 Å². The van der Waals surface area contributed by atoms with Crippen molar-refractivity contribution in [2.45, 2.75) is 6.92 Å². The fraction of sp³-hybridized carbons (Fsp3) is 0.0833. The number of aromatic nitrogens is 2. The molecule has 98 valence electrons. The number of nitrogens with one attached hydrogen (secondary N) is 1. The molecule has 0 radical (unpaired) electrons. The van der Waals surface area contributed by atoms with E-state index in [4.69, 9.17) is 18.0 Å². The molecule has 0 atom stereocenters. The molecule has 0 unspecified atom stereocenters. The van der Waals surface area contributed by atoms with Crippen molar-refractivity contribution < 1.29 is 8.78 Å². The number of aryl methyl sites for hydroxylation is 1. The van der Waals surface area contributed by atoms with Gasteiger partial charge in [-0.3, -0.25) is 0 Å². The lowest BCUT2D eigenvalue weighted by Gasteiger charge is -2.08. The monoisotopic (exact) mass is 280 g/mol. The van der Waals surface area contributed by atoms with E-state index in [9.17, 15) is 8.78 Å². The molecule has 2 aromatic rings. The van der Waals surface area contributed by atoms with Gasteiger partial charge in [-0.25, -0.2) is 18.7 Å². The lowest BCUT2D eigenvalue weighted by molar-refractivity contribution is 0.511. The Morgan fingerprint density at radius 3 is 2.74 bits per heavy atom. The molecule has 0 aliphatic carbocycles. The fourth-order valence-corrected chi connectivity index (χ4v) is 1.58. The maximum atomic E-state index is 13.5. The van der Waals surface area contributed by atoms with Crippen LogP contribution in [0.15, 0.2) is 24.3 Å². The Morgan fingerprint density at radius 2 is 2.05 bits per heavy atom. The molecule has 0 amide bonds. The standard InChI is InChI=1S/C12H10F2N4S/c1-6-5-9(11(15)19)18-12(16-6)17-8-4-2-3-7(13)10(8)14/h2-5H,1H3,(H2,15,19)(H,16,17,18). The molecule has 0 bridgehead atoms. The van der Waals surface area contributed by atoms with Crippen molar-refractivity contribution in [2.24, 2.45) is 5.73 Å². The van der Waals surface area contributed by atoms with Crippen LogP contribution < -0.4 is 11.1 Å². The van der Waals surface area contributed by atoms with E-state index in [0.717, 1.165) is 6.07 Å². The molecule has 0 aliphatic heterocycles. The first-order chi connectivity index (χ1) is 8.97. The van der Waals surface area contributed by atoms with Crippen LogP contribution in [-0.2, 0) is 0 Å². The number of nitrogens with two attached hydrogens (primary N) is 1. The first-order valence-electron chi connectivity index (χ1n) is 5.34. The van der Waals surface area contributed by atoms with Crippen LogP contribution in [0.5, 0.6) is 0 Å². The second-order valence-electron chi connectivity index (χ2n) is 3.81. The largest absolute Gasteiger partial charge is 0.388 e. The van der Waals surface area contributed by atoms with E-state index < -0.39 is 11.6 Å². The second kappa shape index (κ2) is 5.23. The van der Waals surface area contributed by atoms with Crippen molar-refractivity contribution in [1.82, 2.24) is 9.97 Å². The number of halogens is 2. The molecule has 3 N–H and O–H groups in total. The quantitative estimate of drug-likeness (QED) is 0.845. The van der Waals surface area contributed by atoms with Crippen LogP contribution in [0.3, 0.4) is 0 Å². The van der Waals surface area contributed by atoms with E-state index >= 15 is 0 Å². The third-order valence-corrected chi connectivity index (χ3v) is 2.51. The molecule has 1 aromatic carbocycles. The summed E-state index contributed by atoms with van der Waals surface area (Å²) in [6.07, 6.45) is 0. The van der Waals surface area contributed by atoms with Crippen molar-refractivity contribution in [2.75, 3.05) is 5.32 Å². The third-order valence-electron chi connectivity index (χ3n) is 2.30. The van der Waals surface area contributed by atoms with Gasteiger partial charge in [-0.15, -0.1) is 0 Å². The molecule has 1 heterocycles. The molecular formula is C12H10F2N4S. The van der Waals surface area contributed by atoms with Crippen LogP contribution in [0.1, 0.15) is 11.4 Å². The van der Waals surface area contributed by atoms with Crippen LogP contribution in [0.25, 0.3) is 0 Å². The van der Waals surface area contributed by atoms with Crippen LogP contribution in [0.2, 0.25) is 0 Å². The zero-order valence-corrected chi connectivity index (χ0v) is 10.8. The van der Waals surface area contributed by atoms with Crippen molar-refractivity contribution in [3.63, 3.8) is 0 Å². The zero-order valence-electron chi connectivity index (χ0n) is 9.95. The highest BCUT2D eigenvalue weighted by molar-refractivity contribution is 7.80. The summed E-state index contributed by atoms with van der Waals surface area (Å²) in [6, 6.07) is 5.39. The number of hydrogen-bond acceptors (Lipinski definition) is 4. The van der Waals surface area contributed by atoms with Crippen LogP contribution >= 0.6 is 12.2 Å². The smallest absolute Gasteiger partial charge is 0.228 e. The fourth-order valence-electron chi connectivity index (χ4n) is 1.47. The minimum atomic E-state index is -0.996. The second-order valence-corrected chi connectivity index (χ2v) is 4.25. The van der Waals surface area contributed by atoms with Gasteiger partial charge in [-0.05, 0) is 25.1 Å². The average molecular weight is 280 g/mol. The van der Waals surface area contributed by atoms with Gasteiger partial charge in [-0.1, -0.05) is 18.3 Å². The molecule has 0 fully saturated rings. The molecular weight excluding hydrogens is 270 g/mol. The van der Waals surface area contributed by atoms with Crippen molar-refractivity contribution in [3.05, 3.63) is 47.3 Å². The van der Waals surface area contributed by atoms with E-state index in [1.54, 1.807) is 13.0 Å².